The molecule has 66 valence electrons. The van der Waals surface area contributed by atoms with Gasteiger partial charge in [-0.3, -0.25) is 9.69 Å². The molecule has 1 heterocycles. The van der Waals surface area contributed by atoms with E-state index >= 15 is 0 Å². The highest BCUT2D eigenvalue weighted by molar-refractivity contribution is 5.85. The smallest absolute Gasteiger partial charge is 0.323 e. The van der Waals surface area contributed by atoms with Crippen LogP contribution >= 0.6 is 12.4 Å². The van der Waals surface area contributed by atoms with Crippen LogP contribution in [0.1, 0.15) is 19.8 Å². The molecule has 1 saturated heterocycles. The molecule has 0 unspecified atom stereocenters. The number of hydrogen-bond donors (Lipinski definition) is 1. The van der Waals surface area contributed by atoms with Crippen molar-refractivity contribution in [2.24, 2.45) is 0 Å². The van der Waals surface area contributed by atoms with Crippen molar-refractivity contribution in [1.82, 2.24) is 4.90 Å². The molecule has 1 N–H and O–H groups in total. The topological polar surface area (TPSA) is 40.5 Å². The number of likely N-dealkylation sites (N-methyl/N-ethyl adjacent to an activating group) is 1. The van der Waals surface area contributed by atoms with Crippen LogP contribution in [0.15, 0.2) is 0 Å². The molecule has 1 aliphatic rings. The summed E-state index contributed by atoms with van der Waals surface area (Å²) in [5, 5.41) is 8.80. The van der Waals surface area contributed by atoms with E-state index < -0.39 is 11.5 Å². The van der Waals surface area contributed by atoms with Crippen molar-refractivity contribution in [1.29, 1.82) is 0 Å². The number of hydrogen-bond acceptors (Lipinski definition) is 2. The van der Waals surface area contributed by atoms with E-state index in [9.17, 15) is 4.79 Å². The number of carboxylic acids is 1. The fraction of sp³-hybridized carbons (Fsp3) is 0.857. The number of carbonyl (C=O) groups is 1. The van der Waals surface area contributed by atoms with Crippen LogP contribution in [0.2, 0.25) is 0 Å². The Labute approximate surface area is 72.8 Å². The lowest BCUT2D eigenvalue weighted by atomic mass is 10.0. The average molecular weight is 180 g/mol. The zero-order valence-electron chi connectivity index (χ0n) is 6.83. The van der Waals surface area contributed by atoms with E-state index in [1.165, 1.54) is 0 Å². The fourth-order valence-corrected chi connectivity index (χ4v) is 1.37. The number of aliphatic carboxylic acids is 1. The summed E-state index contributed by atoms with van der Waals surface area (Å²) in [6.45, 7) is 2.69. The number of rotatable bonds is 1. The van der Waals surface area contributed by atoms with Gasteiger partial charge in [-0.05, 0) is 33.4 Å². The van der Waals surface area contributed by atoms with Gasteiger partial charge in [0.1, 0.15) is 5.54 Å². The third kappa shape index (κ3) is 1.65. The zero-order chi connectivity index (χ0) is 7.78. The van der Waals surface area contributed by atoms with Crippen molar-refractivity contribution < 1.29 is 9.90 Å². The lowest BCUT2D eigenvalue weighted by molar-refractivity contribution is -0.147. The van der Waals surface area contributed by atoms with E-state index in [-0.39, 0.29) is 12.4 Å². The first kappa shape index (κ1) is 10.7. The number of carboxylic acid groups (broad SMARTS) is 1. The standard InChI is InChI=1S/C7H13NO2.ClH/c1-7(6(9)10)4-3-5-8(7)2;/h3-5H2,1-2H3,(H,9,10);1H/t7-;/m1./s1. The Kier molecular flexibility index (Phi) is 3.32. The summed E-state index contributed by atoms with van der Waals surface area (Å²) in [7, 11) is 1.86. The summed E-state index contributed by atoms with van der Waals surface area (Å²) in [6, 6.07) is 0. The lowest BCUT2D eigenvalue weighted by Crippen LogP contribution is -2.45. The Morgan fingerprint density at radius 2 is 2.18 bits per heavy atom. The average Bonchev–Trinajstić information content (AvgIpc) is 2.15. The molecule has 4 heteroatoms. The monoisotopic (exact) mass is 179 g/mol. The third-order valence-corrected chi connectivity index (χ3v) is 2.46. The molecule has 0 aliphatic carbocycles. The zero-order valence-corrected chi connectivity index (χ0v) is 7.65. The van der Waals surface area contributed by atoms with Crippen LogP contribution < -0.4 is 0 Å². The first-order valence-electron chi connectivity index (χ1n) is 3.52. The quantitative estimate of drug-likeness (QED) is 0.653. The van der Waals surface area contributed by atoms with Gasteiger partial charge >= 0.3 is 5.97 Å². The molecular weight excluding hydrogens is 166 g/mol. The maximum atomic E-state index is 10.7. The van der Waals surface area contributed by atoms with Crippen molar-refractivity contribution in [2.75, 3.05) is 13.6 Å². The molecule has 11 heavy (non-hydrogen) atoms. The molecule has 3 nitrogen and oxygen atoms in total. The SMILES string of the molecule is CN1CCC[C@]1(C)C(=O)O.Cl. The van der Waals surface area contributed by atoms with Crippen molar-refractivity contribution in [2.45, 2.75) is 25.3 Å². The van der Waals surface area contributed by atoms with E-state index in [2.05, 4.69) is 0 Å². The van der Waals surface area contributed by atoms with Crippen molar-refractivity contribution in [3.8, 4) is 0 Å². The Hall–Kier alpha value is -0.280. The van der Waals surface area contributed by atoms with E-state index in [0.717, 1.165) is 19.4 Å². The number of halogens is 1. The van der Waals surface area contributed by atoms with Gasteiger partial charge in [-0.2, -0.15) is 0 Å². The van der Waals surface area contributed by atoms with Crippen LogP contribution in [0.25, 0.3) is 0 Å². The van der Waals surface area contributed by atoms with Crippen LogP contribution in [0.3, 0.4) is 0 Å². The predicted octanol–water partition coefficient (Wildman–Crippen LogP) is 0.977. The summed E-state index contributed by atoms with van der Waals surface area (Å²) in [5.74, 6) is -0.701. The van der Waals surface area contributed by atoms with Crippen LogP contribution in [0, 0.1) is 0 Å². The maximum absolute atomic E-state index is 10.7. The minimum absolute atomic E-state index is 0. The summed E-state index contributed by atoms with van der Waals surface area (Å²) >= 11 is 0. The number of nitrogens with zero attached hydrogens (tertiary/aromatic N) is 1. The maximum Gasteiger partial charge on any atom is 0.323 e. The van der Waals surface area contributed by atoms with Gasteiger partial charge in [0.2, 0.25) is 0 Å². The Balaban J connectivity index is 0.000001000. The molecule has 0 spiro atoms. The fourth-order valence-electron chi connectivity index (χ4n) is 1.37. The van der Waals surface area contributed by atoms with Gasteiger partial charge in [-0.1, -0.05) is 0 Å². The second-order valence-electron chi connectivity index (χ2n) is 3.10. The molecule has 0 saturated carbocycles. The van der Waals surface area contributed by atoms with E-state index in [1.807, 2.05) is 11.9 Å². The van der Waals surface area contributed by atoms with Gasteiger partial charge in [0.15, 0.2) is 0 Å². The first-order valence-corrected chi connectivity index (χ1v) is 3.52. The lowest BCUT2D eigenvalue weighted by Gasteiger charge is -2.26. The molecule has 0 aromatic carbocycles. The van der Waals surface area contributed by atoms with Crippen LogP contribution in [-0.2, 0) is 4.79 Å². The van der Waals surface area contributed by atoms with Crippen molar-refractivity contribution in [3.63, 3.8) is 0 Å². The van der Waals surface area contributed by atoms with Gasteiger partial charge in [0.25, 0.3) is 0 Å². The highest BCUT2D eigenvalue weighted by Crippen LogP contribution is 2.26. The second-order valence-corrected chi connectivity index (χ2v) is 3.10. The summed E-state index contributed by atoms with van der Waals surface area (Å²) < 4.78 is 0. The second kappa shape index (κ2) is 3.41. The molecule has 1 atom stereocenters. The number of likely N-dealkylation sites (tertiary alicyclic amines) is 1. The summed E-state index contributed by atoms with van der Waals surface area (Å²) in [4.78, 5) is 12.6. The molecule has 1 rings (SSSR count). The normalized spacial score (nSPS) is 31.5. The highest BCUT2D eigenvalue weighted by Gasteiger charge is 2.40. The molecule has 0 aromatic heterocycles. The minimum Gasteiger partial charge on any atom is -0.480 e. The van der Waals surface area contributed by atoms with Crippen molar-refractivity contribution in [3.05, 3.63) is 0 Å². The van der Waals surface area contributed by atoms with Crippen LogP contribution in [0.4, 0.5) is 0 Å². The Morgan fingerprint density at radius 1 is 1.64 bits per heavy atom. The van der Waals surface area contributed by atoms with Crippen molar-refractivity contribution >= 4 is 18.4 Å². The van der Waals surface area contributed by atoms with Crippen LogP contribution in [0.5, 0.6) is 0 Å². The van der Waals surface area contributed by atoms with Gasteiger partial charge < -0.3 is 5.11 Å². The van der Waals surface area contributed by atoms with E-state index in [0.29, 0.717) is 0 Å². The van der Waals surface area contributed by atoms with Crippen LogP contribution in [-0.4, -0.2) is 35.1 Å². The summed E-state index contributed by atoms with van der Waals surface area (Å²) in [5.41, 5.74) is -0.597. The third-order valence-electron chi connectivity index (χ3n) is 2.46. The van der Waals surface area contributed by atoms with E-state index in [1.54, 1.807) is 6.92 Å². The molecular formula is C7H14ClNO2. The minimum atomic E-state index is -0.701. The highest BCUT2D eigenvalue weighted by atomic mass is 35.5. The Morgan fingerprint density at radius 3 is 2.36 bits per heavy atom. The van der Waals surface area contributed by atoms with Gasteiger partial charge in [0.05, 0.1) is 0 Å². The molecule has 1 aliphatic heterocycles. The molecule has 0 bridgehead atoms. The van der Waals surface area contributed by atoms with Gasteiger partial charge in [-0.15, -0.1) is 12.4 Å². The molecule has 0 aromatic rings. The Bertz CT molecular complexity index is 163. The molecule has 0 amide bonds. The predicted molar refractivity (Wildman–Crippen MR) is 45.2 cm³/mol. The largest absolute Gasteiger partial charge is 0.480 e. The van der Waals surface area contributed by atoms with Gasteiger partial charge in [-0.25, -0.2) is 0 Å². The van der Waals surface area contributed by atoms with E-state index in [4.69, 9.17) is 5.11 Å². The first-order chi connectivity index (χ1) is 4.57. The summed E-state index contributed by atoms with van der Waals surface area (Å²) in [6.07, 6.45) is 1.78. The molecule has 1 fully saturated rings. The van der Waals surface area contributed by atoms with Gasteiger partial charge in [0, 0.05) is 0 Å². The molecule has 0 radical (unpaired) electrons.